The molecule has 6 heteroatoms. The van der Waals surface area contributed by atoms with Gasteiger partial charge in [-0.05, 0) is 22.9 Å². The quantitative estimate of drug-likeness (QED) is 0.754. The van der Waals surface area contributed by atoms with Gasteiger partial charge in [0, 0.05) is 24.0 Å². The molecule has 1 unspecified atom stereocenters. The number of fused-ring (bicyclic) bond motifs is 1. The molecular weight excluding hydrogens is 240 g/mol. The number of benzene rings is 1. The van der Waals surface area contributed by atoms with Gasteiger partial charge in [0.25, 0.3) is 0 Å². The van der Waals surface area contributed by atoms with Crippen molar-refractivity contribution >= 4 is 10.9 Å². The maximum absolute atomic E-state index is 6.26. The lowest BCUT2D eigenvalue weighted by Crippen LogP contribution is -2.15. The molecule has 0 aliphatic carbocycles. The van der Waals surface area contributed by atoms with Gasteiger partial charge in [0.15, 0.2) is 5.82 Å². The molecule has 3 aromatic rings. The highest BCUT2D eigenvalue weighted by molar-refractivity contribution is 5.82. The molecule has 3 rings (SSSR count). The SMILES string of the molecule is Cn1nnc(CC(N)c2cccc3ncccc23)n1. The van der Waals surface area contributed by atoms with E-state index in [2.05, 4.69) is 20.4 Å². The summed E-state index contributed by atoms with van der Waals surface area (Å²) in [6, 6.07) is 9.74. The Labute approximate surface area is 110 Å². The zero-order valence-electron chi connectivity index (χ0n) is 10.6. The highest BCUT2D eigenvalue weighted by Gasteiger charge is 2.13. The van der Waals surface area contributed by atoms with Gasteiger partial charge >= 0.3 is 0 Å². The van der Waals surface area contributed by atoms with E-state index in [-0.39, 0.29) is 6.04 Å². The van der Waals surface area contributed by atoms with E-state index in [0.717, 1.165) is 16.5 Å². The maximum Gasteiger partial charge on any atom is 0.176 e. The summed E-state index contributed by atoms with van der Waals surface area (Å²) in [7, 11) is 1.74. The first-order chi connectivity index (χ1) is 9.24. The van der Waals surface area contributed by atoms with Crippen molar-refractivity contribution in [3.05, 3.63) is 47.9 Å². The van der Waals surface area contributed by atoms with E-state index in [9.17, 15) is 0 Å². The zero-order chi connectivity index (χ0) is 13.2. The number of tetrazole rings is 1. The molecule has 0 aliphatic rings. The van der Waals surface area contributed by atoms with Crippen molar-refractivity contribution in [3.63, 3.8) is 0 Å². The molecule has 0 saturated carbocycles. The summed E-state index contributed by atoms with van der Waals surface area (Å²) in [5, 5.41) is 13.0. The summed E-state index contributed by atoms with van der Waals surface area (Å²) < 4.78 is 0. The summed E-state index contributed by atoms with van der Waals surface area (Å²) in [5.74, 6) is 0.649. The van der Waals surface area contributed by atoms with Crippen LogP contribution in [-0.2, 0) is 13.5 Å². The molecule has 0 saturated heterocycles. The van der Waals surface area contributed by atoms with E-state index in [1.54, 1.807) is 13.2 Å². The van der Waals surface area contributed by atoms with Crippen LogP contribution in [-0.4, -0.2) is 25.2 Å². The molecule has 1 atom stereocenters. The van der Waals surface area contributed by atoms with Crippen LogP contribution in [0.25, 0.3) is 10.9 Å². The average Bonchev–Trinajstić information content (AvgIpc) is 2.83. The predicted octanol–water partition coefficient (Wildman–Crippen LogP) is 1.00. The van der Waals surface area contributed by atoms with E-state index >= 15 is 0 Å². The molecule has 0 radical (unpaired) electrons. The third-order valence-corrected chi connectivity index (χ3v) is 3.03. The van der Waals surface area contributed by atoms with E-state index in [1.807, 2.05) is 30.3 Å². The fourth-order valence-corrected chi connectivity index (χ4v) is 2.16. The second-order valence-electron chi connectivity index (χ2n) is 4.42. The van der Waals surface area contributed by atoms with Crippen molar-refractivity contribution < 1.29 is 0 Å². The van der Waals surface area contributed by atoms with Crippen molar-refractivity contribution in [2.24, 2.45) is 12.8 Å². The van der Waals surface area contributed by atoms with E-state index < -0.39 is 0 Å². The Kier molecular flexibility index (Phi) is 2.92. The first kappa shape index (κ1) is 11.7. The summed E-state index contributed by atoms with van der Waals surface area (Å²) in [6.45, 7) is 0. The molecular formula is C13H14N6. The van der Waals surface area contributed by atoms with E-state index in [1.165, 1.54) is 4.80 Å². The summed E-state index contributed by atoms with van der Waals surface area (Å²) in [5.41, 5.74) is 8.26. The van der Waals surface area contributed by atoms with Crippen LogP contribution < -0.4 is 5.73 Å². The number of nitrogens with zero attached hydrogens (tertiary/aromatic N) is 5. The maximum atomic E-state index is 6.26. The molecule has 0 amide bonds. The van der Waals surface area contributed by atoms with Crippen molar-refractivity contribution in [2.75, 3.05) is 0 Å². The molecule has 0 fully saturated rings. The van der Waals surface area contributed by atoms with Gasteiger partial charge in [-0.3, -0.25) is 4.98 Å². The second kappa shape index (κ2) is 4.74. The molecule has 2 heterocycles. The number of rotatable bonds is 3. The Balaban J connectivity index is 1.95. The molecule has 0 bridgehead atoms. The molecule has 2 N–H and O–H groups in total. The van der Waals surface area contributed by atoms with Crippen molar-refractivity contribution in [1.82, 2.24) is 25.2 Å². The number of hydrogen-bond acceptors (Lipinski definition) is 5. The van der Waals surface area contributed by atoms with Gasteiger partial charge in [-0.15, -0.1) is 10.2 Å². The normalized spacial score (nSPS) is 12.7. The van der Waals surface area contributed by atoms with Gasteiger partial charge in [0.1, 0.15) is 0 Å². The van der Waals surface area contributed by atoms with Gasteiger partial charge in [-0.2, -0.15) is 4.80 Å². The fourth-order valence-electron chi connectivity index (χ4n) is 2.16. The lowest BCUT2D eigenvalue weighted by molar-refractivity contribution is 0.623. The van der Waals surface area contributed by atoms with Crippen LogP contribution in [0.2, 0.25) is 0 Å². The zero-order valence-corrected chi connectivity index (χ0v) is 10.6. The van der Waals surface area contributed by atoms with E-state index in [4.69, 9.17) is 5.73 Å². The Hall–Kier alpha value is -2.34. The lowest BCUT2D eigenvalue weighted by atomic mass is 9.99. The van der Waals surface area contributed by atoms with Crippen LogP contribution in [0.4, 0.5) is 0 Å². The summed E-state index contributed by atoms with van der Waals surface area (Å²) in [4.78, 5) is 5.77. The van der Waals surface area contributed by atoms with Gasteiger partial charge in [0.2, 0.25) is 0 Å². The number of hydrogen-bond donors (Lipinski definition) is 1. The van der Waals surface area contributed by atoms with Crippen molar-refractivity contribution in [3.8, 4) is 0 Å². The Morgan fingerprint density at radius 3 is 2.95 bits per heavy atom. The smallest absolute Gasteiger partial charge is 0.176 e. The van der Waals surface area contributed by atoms with Gasteiger partial charge in [-0.1, -0.05) is 18.2 Å². The largest absolute Gasteiger partial charge is 0.324 e. The Bertz CT molecular complexity index is 700. The third-order valence-electron chi connectivity index (χ3n) is 3.03. The molecule has 1 aromatic carbocycles. The highest BCUT2D eigenvalue weighted by Crippen LogP contribution is 2.23. The van der Waals surface area contributed by atoms with Crippen LogP contribution in [0.3, 0.4) is 0 Å². The molecule has 19 heavy (non-hydrogen) atoms. The summed E-state index contributed by atoms with van der Waals surface area (Å²) in [6.07, 6.45) is 2.34. The number of aryl methyl sites for hydroxylation is 1. The second-order valence-corrected chi connectivity index (χ2v) is 4.42. The van der Waals surface area contributed by atoms with Crippen LogP contribution >= 0.6 is 0 Å². The van der Waals surface area contributed by atoms with Crippen LogP contribution in [0.1, 0.15) is 17.4 Å². The molecule has 0 spiro atoms. The standard InChI is InChI=1S/C13H14N6/c1-19-17-13(16-18-19)8-11(14)9-4-2-6-12-10(9)5-3-7-15-12/h2-7,11H,8,14H2,1H3. The minimum atomic E-state index is -0.169. The monoisotopic (exact) mass is 254 g/mol. The fraction of sp³-hybridized carbons (Fsp3) is 0.231. The van der Waals surface area contributed by atoms with Gasteiger partial charge < -0.3 is 5.73 Å². The molecule has 6 nitrogen and oxygen atoms in total. The number of nitrogens with two attached hydrogens (primary N) is 1. The first-order valence-corrected chi connectivity index (χ1v) is 6.06. The number of aromatic nitrogens is 5. The van der Waals surface area contributed by atoms with Crippen molar-refractivity contribution in [2.45, 2.75) is 12.5 Å². The van der Waals surface area contributed by atoms with Crippen LogP contribution in [0, 0.1) is 0 Å². The van der Waals surface area contributed by atoms with Gasteiger partial charge in [-0.25, -0.2) is 0 Å². The van der Waals surface area contributed by atoms with Crippen LogP contribution in [0.15, 0.2) is 36.5 Å². The number of pyridine rings is 1. The average molecular weight is 254 g/mol. The molecule has 0 aliphatic heterocycles. The molecule has 2 aromatic heterocycles. The topological polar surface area (TPSA) is 82.5 Å². The Morgan fingerprint density at radius 1 is 1.26 bits per heavy atom. The van der Waals surface area contributed by atoms with Crippen LogP contribution in [0.5, 0.6) is 0 Å². The Morgan fingerprint density at radius 2 is 2.16 bits per heavy atom. The van der Waals surface area contributed by atoms with E-state index in [0.29, 0.717) is 12.2 Å². The molecule has 96 valence electrons. The lowest BCUT2D eigenvalue weighted by Gasteiger charge is -2.12. The highest BCUT2D eigenvalue weighted by atomic mass is 15.6. The van der Waals surface area contributed by atoms with Crippen molar-refractivity contribution in [1.29, 1.82) is 0 Å². The minimum Gasteiger partial charge on any atom is -0.324 e. The predicted molar refractivity (Wildman–Crippen MR) is 71.2 cm³/mol. The first-order valence-electron chi connectivity index (χ1n) is 6.06. The summed E-state index contributed by atoms with van der Waals surface area (Å²) >= 11 is 0. The van der Waals surface area contributed by atoms with Gasteiger partial charge in [0.05, 0.1) is 12.6 Å². The minimum absolute atomic E-state index is 0.169. The third kappa shape index (κ3) is 2.30.